The molecule has 1 aliphatic rings. The van der Waals surface area contributed by atoms with E-state index in [0.717, 1.165) is 26.2 Å². The summed E-state index contributed by atoms with van der Waals surface area (Å²) in [7, 11) is 0. The van der Waals surface area contributed by atoms with Gasteiger partial charge in [-0.05, 0) is 25.5 Å². The molecule has 1 saturated heterocycles. The first-order chi connectivity index (χ1) is 8.77. The van der Waals surface area contributed by atoms with Gasteiger partial charge < -0.3 is 10.3 Å². The van der Waals surface area contributed by atoms with Gasteiger partial charge in [-0.15, -0.1) is 24.8 Å². The third-order valence-electron chi connectivity index (χ3n) is 4.06. The lowest BCUT2D eigenvalue weighted by Gasteiger charge is -2.33. The molecule has 112 valence electrons. The zero-order chi connectivity index (χ0) is 12.5. The van der Waals surface area contributed by atoms with Crippen LogP contribution in [0, 0.1) is 6.92 Å². The molecule has 3 nitrogen and oxygen atoms in total. The van der Waals surface area contributed by atoms with Crippen molar-refractivity contribution in [2.45, 2.75) is 19.9 Å². The predicted octanol–water partition coefficient (Wildman–Crippen LogP) is 3.29. The van der Waals surface area contributed by atoms with Crippen LogP contribution in [0.4, 0.5) is 0 Å². The standard InChI is InChI=1S/C15H21N3.2ClH/c1-11-15(12(2)18-9-7-16-8-10-18)13-5-3-4-6-14(13)17-11;;/h3-6,12,16-17H,7-10H2,1-2H3;2*1H/t12-;;/m1../s1. The number of benzene rings is 1. The van der Waals surface area contributed by atoms with E-state index in [4.69, 9.17) is 0 Å². The van der Waals surface area contributed by atoms with Crippen LogP contribution in [0.15, 0.2) is 24.3 Å². The lowest BCUT2D eigenvalue weighted by molar-refractivity contribution is 0.186. The average Bonchev–Trinajstić information content (AvgIpc) is 2.75. The fourth-order valence-electron chi connectivity index (χ4n) is 3.09. The molecular weight excluding hydrogens is 293 g/mol. The molecule has 0 spiro atoms. The van der Waals surface area contributed by atoms with Crippen LogP contribution in [0.25, 0.3) is 10.9 Å². The minimum atomic E-state index is 0. The number of nitrogens with one attached hydrogen (secondary N) is 2. The molecule has 0 bridgehead atoms. The van der Waals surface area contributed by atoms with E-state index in [2.05, 4.69) is 53.3 Å². The number of para-hydroxylation sites is 1. The number of aromatic amines is 1. The molecule has 5 heteroatoms. The molecule has 0 radical (unpaired) electrons. The maximum absolute atomic E-state index is 3.50. The molecule has 1 fully saturated rings. The smallest absolute Gasteiger partial charge is 0.0459 e. The second-order valence-corrected chi connectivity index (χ2v) is 5.17. The van der Waals surface area contributed by atoms with Crippen LogP contribution in [-0.2, 0) is 0 Å². The molecule has 0 unspecified atom stereocenters. The van der Waals surface area contributed by atoms with Gasteiger partial charge in [0.2, 0.25) is 0 Å². The van der Waals surface area contributed by atoms with Gasteiger partial charge in [0.25, 0.3) is 0 Å². The third-order valence-corrected chi connectivity index (χ3v) is 4.06. The lowest BCUT2D eigenvalue weighted by atomic mass is 10.0. The minimum Gasteiger partial charge on any atom is -0.358 e. The molecule has 0 aliphatic carbocycles. The molecule has 2 heterocycles. The van der Waals surface area contributed by atoms with Crippen LogP contribution in [0.3, 0.4) is 0 Å². The second-order valence-electron chi connectivity index (χ2n) is 5.17. The first-order valence-corrected chi connectivity index (χ1v) is 6.79. The summed E-state index contributed by atoms with van der Waals surface area (Å²) in [4.78, 5) is 6.07. The SMILES string of the molecule is Cc1[nH]c2ccccc2c1[C@@H](C)N1CCNCC1.Cl.Cl. The highest BCUT2D eigenvalue weighted by Gasteiger charge is 2.22. The summed E-state index contributed by atoms with van der Waals surface area (Å²) >= 11 is 0. The fraction of sp³-hybridized carbons (Fsp3) is 0.467. The van der Waals surface area contributed by atoms with Crippen LogP contribution in [0.2, 0.25) is 0 Å². The Hall–Kier alpha value is -0.740. The number of rotatable bonds is 2. The van der Waals surface area contributed by atoms with Gasteiger partial charge in [0.1, 0.15) is 0 Å². The quantitative estimate of drug-likeness (QED) is 0.891. The Labute approximate surface area is 132 Å². The number of hydrogen-bond donors (Lipinski definition) is 2. The van der Waals surface area contributed by atoms with Crippen LogP contribution < -0.4 is 5.32 Å². The zero-order valence-electron chi connectivity index (χ0n) is 12.0. The predicted molar refractivity (Wildman–Crippen MR) is 90.4 cm³/mol. The van der Waals surface area contributed by atoms with Crippen molar-refractivity contribution in [1.82, 2.24) is 15.2 Å². The summed E-state index contributed by atoms with van der Waals surface area (Å²) in [6, 6.07) is 9.10. The Bertz CT molecular complexity index is 547. The van der Waals surface area contributed by atoms with E-state index in [9.17, 15) is 0 Å². The number of hydrogen-bond acceptors (Lipinski definition) is 2. The van der Waals surface area contributed by atoms with Gasteiger partial charge in [-0.2, -0.15) is 0 Å². The second kappa shape index (κ2) is 7.32. The molecule has 1 aliphatic heterocycles. The number of aryl methyl sites for hydroxylation is 1. The summed E-state index contributed by atoms with van der Waals surface area (Å²) in [5, 5.41) is 4.79. The summed E-state index contributed by atoms with van der Waals surface area (Å²) < 4.78 is 0. The van der Waals surface area contributed by atoms with Crippen molar-refractivity contribution >= 4 is 35.7 Å². The van der Waals surface area contributed by atoms with Crippen molar-refractivity contribution < 1.29 is 0 Å². The highest BCUT2D eigenvalue weighted by molar-refractivity contribution is 5.86. The van der Waals surface area contributed by atoms with Gasteiger partial charge in [-0.25, -0.2) is 0 Å². The Balaban J connectivity index is 0.000001000. The number of H-pyrrole nitrogens is 1. The van der Waals surface area contributed by atoms with E-state index in [1.807, 2.05) is 0 Å². The van der Waals surface area contributed by atoms with Crippen molar-refractivity contribution in [2.75, 3.05) is 26.2 Å². The van der Waals surface area contributed by atoms with Gasteiger partial charge in [0, 0.05) is 48.8 Å². The van der Waals surface area contributed by atoms with Crippen LogP contribution >= 0.6 is 24.8 Å². The van der Waals surface area contributed by atoms with Crippen LogP contribution in [-0.4, -0.2) is 36.1 Å². The van der Waals surface area contributed by atoms with Crippen molar-refractivity contribution in [3.05, 3.63) is 35.5 Å². The Morgan fingerprint density at radius 2 is 1.75 bits per heavy atom. The molecule has 0 amide bonds. The lowest BCUT2D eigenvalue weighted by Crippen LogP contribution is -2.44. The van der Waals surface area contributed by atoms with Gasteiger partial charge in [0.15, 0.2) is 0 Å². The molecule has 1 aromatic heterocycles. The highest BCUT2D eigenvalue weighted by atomic mass is 35.5. The molecule has 1 atom stereocenters. The minimum absolute atomic E-state index is 0. The van der Waals surface area contributed by atoms with Crippen molar-refractivity contribution in [3.8, 4) is 0 Å². The first-order valence-electron chi connectivity index (χ1n) is 6.79. The average molecular weight is 316 g/mol. The topological polar surface area (TPSA) is 31.1 Å². The summed E-state index contributed by atoms with van der Waals surface area (Å²) in [5.41, 5.74) is 4.03. The van der Waals surface area contributed by atoms with Gasteiger partial charge >= 0.3 is 0 Å². The fourth-order valence-corrected chi connectivity index (χ4v) is 3.09. The Morgan fingerprint density at radius 1 is 1.10 bits per heavy atom. The molecule has 2 aromatic rings. The van der Waals surface area contributed by atoms with E-state index < -0.39 is 0 Å². The summed E-state index contributed by atoms with van der Waals surface area (Å²) in [6.45, 7) is 9.00. The monoisotopic (exact) mass is 315 g/mol. The van der Waals surface area contributed by atoms with Gasteiger partial charge in [-0.3, -0.25) is 4.90 Å². The molecule has 20 heavy (non-hydrogen) atoms. The molecule has 0 saturated carbocycles. The summed E-state index contributed by atoms with van der Waals surface area (Å²) in [6.07, 6.45) is 0. The van der Waals surface area contributed by atoms with E-state index >= 15 is 0 Å². The number of halogens is 2. The van der Waals surface area contributed by atoms with Crippen LogP contribution in [0.1, 0.15) is 24.2 Å². The Morgan fingerprint density at radius 3 is 2.45 bits per heavy atom. The maximum Gasteiger partial charge on any atom is 0.0459 e. The van der Waals surface area contributed by atoms with Crippen molar-refractivity contribution in [2.24, 2.45) is 0 Å². The normalized spacial score (nSPS) is 17.3. The molecule has 3 rings (SSSR count). The Kier molecular flexibility index (Phi) is 6.34. The number of aromatic nitrogens is 1. The third kappa shape index (κ3) is 3.12. The molecule has 1 aromatic carbocycles. The van der Waals surface area contributed by atoms with Gasteiger partial charge in [0.05, 0.1) is 0 Å². The van der Waals surface area contributed by atoms with Crippen LogP contribution in [0.5, 0.6) is 0 Å². The van der Waals surface area contributed by atoms with E-state index in [-0.39, 0.29) is 24.8 Å². The zero-order valence-corrected chi connectivity index (χ0v) is 13.6. The van der Waals surface area contributed by atoms with E-state index in [1.54, 1.807) is 0 Å². The summed E-state index contributed by atoms with van der Waals surface area (Å²) in [5.74, 6) is 0. The number of nitrogens with zero attached hydrogens (tertiary/aromatic N) is 1. The number of piperazine rings is 1. The maximum atomic E-state index is 3.50. The van der Waals surface area contributed by atoms with E-state index in [0.29, 0.717) is 6.04 Å². The van der Waals surface area contributed by atoms with Crippen molar-refractivity contribution in [3.63, 3.8) is 0 Å². The molecular formula is C15H23Cl2N3. The number of fused-ring (bicyclic) bond motifs is 1. The molecule has 2 N–H and O–H groups in total. The highest BCUT2D eigenvalue weighted by Crippen LogP contribution is 2.31. The van der Waals surface area contributed by atoms with Crippen molar-refractivity contribution in [1.29, 1.82) is 0 Å². The largest absolute Gasteiger partial charge is 0.358 e. The van der Waals surface area contributed by atoms with Gasteiger partial charge in [-0.1, -0.05) is 18.2 Å². The van der Waals surface area contributed by atoms with E-state index in [1.165, 1.54) is 22.2 Å². The first kappa shape index (κ1) is 17.3.